The van der Waals surface area contributed by atoms with E-state index in [1.807, 2.05) is 0 Å². The first kappa shape index (κ1) is 10.5. The number of carbonyl (C=O) groups excluding carboxylic acids is 2. The maximum atomic E-state index is 11.7. The van der Waals surface area contributed by atoms with Gasteiger partial charge in [0.2, 0.25) is 0 Å². The van der Waals surface area contributed by atoms with Crippen LogP contribution in [0.3, 0.4) is 0 Å². The van der Waals surface area contributed by atoms with Crippen LogP contribution in [0.15, 0.2) is 24.3 Å². The lowest BCUT2D eigenvalue weighted by Gasteiger charge is -2.05. The molecule has 1 saturated carbocycles. The molecule has 3 amide bonds. The SMILES string of the molecule is NC(=O)Nc1cccc(C(=O)NC2CC2)c1. The van der Waals surface area contributed by atoms with E-state index >= 15 is 0 Å². The van der Waals surface area contributed by atoms with Crippen LogP contribution in [0, 0.1) is 0 Å². The highest BCUT2D eigenvalue weighted by molar-refractivity contribution is 5.96. The van der Waals surface area contributed by atoms with Crippen molar-refractivity contribution < 1.29 is 9.59 Å². The van der Waals surface area contributed by atoms with Gasteiger partial charge in [0, 0.05) is 17.3 Å². The molecule has 1 aromatic carbocycles. The first-order valence-corrected chi connectivity index (χ1v) is 5.12. The van der Waals surface area contributed by atoms with Gasteiger partial charge in [0.05, 0.1) is 0 Å². The fourth-order valence-corrected chi connectivity index (χ4v) is 1.38. The van der Waals surface area contributed by atoms with Crippen LogP contribution in [0.2, 0.25) is 0 Å². The van der Waals surface area contributed by atoms with Crippen LogP contribution < -0.4 is 16.4 Å². The van der Waals surface area contributed by atoms with Crippen molar-refractivity contribution in [3.63, 3.8) is 0 Å². The Labute approximate surface area is 93.0 Å². The number of urea groups is 1. The standard InChI is InChI=1S/C11H13N3O2/c12-11(16)14-9-3-1-2-7(6-9)10(15)13-8-4-5-8/h1-3,6,8H,4-5H2,(H,13,15)(H3,12,14,16). The Morgan fingerprint density at radius 2 is 2.06 bits per heavy atom. The van der Waals surface area contributed by atoms with Crippen LogP contribution in [0.4, 0.5) is 10.5 Å². The molecule has 1 aliphatic carbocycles. The molecule has 0 unspecified atom stereocenters. The summed E-state index contributed by atoms with van der Waals surface area (Å²) in [5.74, 6) is -0.115. The van der Waals surface area contributed by atoms with Gasteiger partial charge in [-0.3, -0.25) is 4.79 Å². The highest BCUT2D eigenvalue weighted by atomic mass is 16.2. The van der Waals surface area contributed by atoms with Crippen molar-refractivity contribution in [1.82, 2.24) is 5.32 Å². The monoisotopic (exact) mass is 219 g/mol. The van der Waals surface area contributed by atoms with Gasteiger partial charge in [0.15, 0.2) is 0 Å². The van der Waals surface area contributed by atoms with Crippen LogP contribution in [-0.2, 0) is 0 Å². The summed E-state index contributed by atoms with van der Waals surface area (Å²) in [6.45, 7) is 0. The molecule has 5 heteroatoms. The number of nitrogens with two attached hydrogens (primary N) is 1. The first-order chi connectivity index (χ1) is 7.65. The number of amides is 3. The van der Waals surface area contributed by atoms with Gasteiger partial charge in [-0.05, 0) is 31.0 Å². The van der Waals surface area contributed by atoms with E-state index in [0.29, 0.717) is 17.3 Å². The van der Waals surface area contributed by atoms with Gasteiger partial charge in [0.25, 0.3) is 5.91 Å². The molecule has 1 fully saturated rings. The van der Waals surface area contributed by atoms with Crippen molar-refractivity contribution in [2.45, 2.75) is 18.9 Å². The first-order valence-electron chi connectivity index (χ1n) is 5.12. The van der Waals surface area contributed by atoms with E-state index < -0.39 is 6.03 Å². The van der Waals surface area contributed by atoms with Crippen molar-refractivity contribution in [3.8, 4) is 0 Å². The lowest BCUT2D eigenvalue weighted by atomic mass is 10.2. The quantitative estimate of drug-likeness (QED) is 0.710. The van der Waals surface area contributed by atoms with E-state index in [1.54, 1.807) is 24.3 Å². The Bertz CT molecular complexity index is 427. The lowest BCUT2D eigenvalue weighted by molar-refractivity contribution is 0.0951. The zero-order chi connectivity index (χ0) is 11.5. The van der Waals surface area contributed by atoms with Gasteiger partial charge in [-0.1, -0.05) is 6.07 Å². The molecule has 0 radical (unpaired) electrons. The molecule has 16 heavy (non-hydrogen) atoms. The molecule has 0 aliphatic heterocycles. The normalized spacial score (nSPS) is 14.2. The number of nitrogens with one attached hydrogen (secondary N) is 2. The molecule has 0 bridgehead atoms. The number of anilines is 1. The van der Waals surface area contributed by atoms with E-state index in [2.05, 4.69) is 10.6 Å². The van der Waals surface area contributed by atoms with E-state index in [9.17, 15) is 9.59 Å². The largest absolute Gasteiger partial charge is 0.351 e. The molecule has 0 aromatic heterocycles. The fraction of sp³-hybridized carbons (Fsp3) is 0.273. The van der Waals surface area contributed by atoms with Crippen LogP contribution in [0.1, 0.15) is 23.2 Å². The average Bonchev–Trinajstić information content (AvgIpc) is 3.01. The fourth-order valence-electron chi connectivity index (χ4n) is 1.38. The van der Waals surface area contributed by atoms with Crippen LogP contribution in [0.25, 0.3) is 0 Å². The molecular formula is C11H13N3O2. The molecule has 84 valence electrons. The molecule has 0 saturated heterocycles. The van der Waals surface area contributed by atoms with E-state index in [1.165, 1.54) is 0 Å². The number of hydrogen-bond acceptors (Lipinski definition) is 2. The summed E-state index contributed by atoms with van der Waals surface area (Å²) in [6.07, 6.45) is 2.09. The second-order valence-electron chi connectivity index (χ2n) is 3.82. The van der Waals surface area contributed by atoms with Gasteiger partial charge in [-0.15, -0.1) is 0 Å². The maximum absolute atomic E-state index is 11.7. The van der Waals surface area contributed by atoms with Gasteiger partial charge in [0.1, 0.15) is 0 Å². The lowest BCUT2D eigenvalue weighted by Crippen LogP contribution is -2.25. The maximum Gasteiger partial charge on any atom is 0.316 e. The number of benzene rings is 1. The summed E-state index contributed by atoms with van der Waals surface area (Å²) in [5.41, 5.74) is 6.04. The van der Waals surface area contributed by atoms with E-state index in [4.69, 9.17) is 5.73 Å². The Morgan fingerprint density at radius 3 is 2.69 bits per heavy atom. The summed E-state index contributed by atoms with van der Waals surface area (Å²) in [5, 5.41) is 5.30. The highest BCUT2D eigenvalue weighted by Crippen LogP contribution is 2.19. The third-order valence-electron chi connectivity index (χ3n) is 2.30. The molecule has 0 spiro atoms. The predicted octanol–water partition coefficient (Wildman–Crippen LogP) is 1.07. The van der Waals surface area contributed by atoms with Crippen molar-refractivity contribution >= 4 is 17.6 Å². The second kappa shape index (κ2) is 4.22. The summed E-state index contributed by atoms with van der Waals surface area (Å²) < 4.78 is 0. The number of hydrogen-bond donors (Lipinski definition) is 3. The van der Waals surface area contributed by atoms with E-state index in [0.717, 1.165) is 12.8 Å². The Balaban J connectivity index is 2.07. The van der Waals surface area contributed by atoms with Crippen molar-refractivity contribution in [2.24, 2.45) is 5.73 Å². The number of rotatable bonds is 3. The van der Waals surface area contributed by atoms with Gasteiger partial charge in [-0.25, -0.2) is 4.79 Å². The zero-order valence-electron chi connectivity index (χ0n) is 8.69. The van der Waals surface area contributed by atoms with Gasteiger partial charge < -0.3 is 16.4 Å². The molecule has 1 aliphatic rings. The molecule has 0 heterocycles. The van der Waals surface area contributed by atoms with Crippen molar-refractivity contribution in [2.75, 3.05) is 5.32 Å². The molecule has 0 atom stereocenters. The third-order valence-corrected chi connectivity index (χ3v) is 2.30. The summed E-state index contributed by atoms with van der Waals surface area (Å²) >= 11 is 0. The van der Waals surface area contributed by atoms with Crippen LogP contribution >= 0.6 is 0 Å². The molecule has 5 nitrogen and oxygen atoms in total. The summed E-state index contributed by atoms with van der Waals surface area (Å²) in [6, 6.07) is 6.36. The minimum absolute atomic E-state index is 0.115. The van der Waals surface area contributed by atoms with Crippen LogP contribution in [0.5, 0.6) is 0 Å². The molecular weight excluding hydrogens is 206 g/mol. The van der Waals surface area contributed by atoms with Crippen molar-refractivity contribution in [1.29, 1.82) is 0 Å². The van der Waals surface area contributed by atoms with E-state index in [-0.39, 0.29) is 5.91 Å². The zero-order valence-corrected chi connectivity index (χ0v) is 8.69. The molecule has 1 aromatic rings. The number of primary amides is 1. The Hall–Kier alpha value is -2.04. The minimum Gasteiger partial charge on any atom is -0.351 e. The van der Waals surface area contributed by atoms with Crippen molar-refractivity contribution in [3.05, 3.63) is 29.8 Å². The second-order valence-corrected chi connectivity index (χ2v) is 3.82. The average molecular weight is 219 g/mol. The predicted molar refractivity (Wildman–Crippen MR) is 60.1 cm³/mol. The van der Waals surface area contributed by atoms with Gasteiger partial charge >= 0.3 is 6.03 Å². The smallest absolute Gasteiger partial charge is 0.316 e. The third kappa shape index (κ3) is 2.73. The summed E-state index contributed by atoms with van der Waals surface area (Å²) in [7, 11) is 0. The molecule has 4 N–H and O–H groups in total. The molecule has 2 rings (SSSR count). The van der Waals surface area contributed by atoms with Crippen LogP contribution in [-0.4, -0.2) is 18.0 Å². The Kier molecular flexibility index (Phi) is 2.76. The number of carbonyl (C=O) groups is 2. The minimum atomic E-state index is -0.639. The highest BCUT2D eigenvalue weighted by Gasteiger charge is 2.23. The summed E-state index contributed by atoms with van der Waals surface area (Å²) in [4.78, 5) is 22.3. The Morgan fingerprint density at radius 1 is 1.31 bits per heavy atom. The topological polar surface area (TPSA) is 84.2 Å². The van der Waals surface area contributed by atoms with Gasteiger partial charge in [-0.2, -0.15) is 0 Å².